The van der Waals surface area contributed by atoms with Gasteiger partial charge in [-0.1, -0.05) is 70.6 Å². The number of thioether (sulfide) groups is 2. The van der Waals surface area contributed by atoms with Gasteiger partial charge in [-0.05, 0) is 80.6 Å². The molecule has 2 rings (SSSR count). The van der Waals surface area contributed by atoms with Gasteiger partial charge in [0, 0.05) is 30.9 Å². The lowest BCUT2D eigenvalue weighted by Crippen LogP contribution is -2.61. The lowest BCUT2D eigenvalue weighted by Gasteiger charge is -2.31. The predicted molar refractivity (Wildman–Crippen MR) is 294 cm³/mol. The van der Waals surface area contributed by atoms with E-state index in [0.29, 0.717) is 29.9 Å². The Kier molecular flexibility index (Phi) is 30.1. The van der Waals surface area contributed by atoms with Crippen LogP contribution in [-0.2, 0) is 59.2 Å². The number of hydrogen-bond donors (Lipinski definition) is 12. The van der Waals surface area contributed by atoms with Crippen molar-refractivity contribution in [3.63, 3.8) is 0 Å². The van der Waals surface area contributed by atoms with Crippen LogP contribution in [0.25, 0.3) is 0 Å². The summed E-state index contributed by atoms with van der Waals surface area (Å²) in [5, 5.41) is 27.9. The molecule has 1 saturated heterocycles. The minimum atomic E-state index is -1.76. The van der Waals surface area contributed by atoms with Crippen LogP contribution in [0.5, 0.6) is 5.75 Å². The maximum Gasteiger partial charge on any atom is 0.246 e. The Balaban J connectivity index is 2.46. The molecular formula is C51H80N12O12S2. The molecule has 16 N–H and O–H groups in total. The van der Waals surface area contributed by atoms with Crippen molar-refractivity contribution >= 4 is 88.5 Å². The number of hydrogen-bond acceptors (Lipinski definition) is 15. The number of phenolic OH excluding ortho intramolecular Hbond substituents is 1. The van der Waals surface area contributed by atoms with Gasteiger partial charge in [0.1, 0.15) is 48.0 Å². The minimum Gasteiger partial charge on any atom is -0.508 e. The summed E-state index contributed by atoms with van der Waals surface area (Å²) >= 11 is 3.05. The lowest BCUT2D eigenvalue weighted by molar-refractivity contribution is -0.142. The van der Waals surface area contributed by atoms with Gasteiger partial charge >= 0.3 is 0 Å². The van der Waals surface area contributed by atoms with Crippen molar-refractivity contribution in [2.75, 3.05) is 37.1 Å². The number of nitrogens with two attached hydrogens (primary N) is 4. The summed E-state index contributed by atoms with van der Waals surface area (Å²) < 4.78 is 0. The Morgan fingerprint density at radius 1 is 0.675 bits per heavy atom. The van der Waals surface area contributed by atoms with E-state index in [0.717, 1.165) is 0 Å². The minimum absolute atomic E-state index is 0.0342. The first kappa shape index (κ1) is 66.4. The van der Waals surface area contributed by atoms with E-state index >= 15 is 0 Å². The number of nitrogens with zero attached hydrogens (tertiary/aromatic N) is 1. The highest BCUT2D eigenvalue weighted by molar-refractivity contribution is 7.98. The fraction of sp³-hybridized carbons (Fsp3) is 0.588. The number of carbonyl (C=O) groups excluding carboxylic acids is 11. The summed E-state index contributed by atoms with van der Waals surface area (Å²) in [5.41, 5.74) is 22.9. The summed E-state index contributed by atoms with van der Waals surface area (Å²) in [7, 11) is 0. The zero-order valence-corrected chi connectivity index (χ0v) is 46.4. The molecule has 0 aliphatic carbocycles. The number of likely N-dealkylation sites (tertiary alicyclic amines) is 1. The highest BCUT2D eigenvalue weighted by Gasteiger charge is 2.40. The van der Waals surface area contributed by atoms with Crippen molar-refractivity contribution in [2.24, 2.45) is 34.8 Å². The Labute approximate surface area is 458 Å². The van der Waals surface area contributed by atoms with Crippen LogP contribution in [0.2, 0.25) is 0 Å². The van der Waals surface area contributed by atoms with Crippen LogP contribution in [-0.4, -0.2) is 160 Å². The molecule has 1 aliphatic rings. The first-order valence-electron chi connectivity index (χ1n) is 25.5. The van der Waals surface area contributed by atoms with Gasteiger partial charge in [0.15, 0.2) is 0 Å². The Morgan fingerprint density at radius 3 is 1.82 bits per heavy atom. The van der Waals surface area contributed by atoms with Crippen LogP contribution in [0.15, 0.2) is 48.6 Å². The molecule has 0 bridgehead atoms. The van der Waals surface area contributed by atoms with Crippen molar-refractivity contribution in [2.45, 2.75) is 140 Å². The van der Waals surface area contributed by atoms with E-state index < -0.39 is 145 Å². The highest BCUT2D eigenvalue weighted by Crippen LogP contribution is 2.21. The molecule has 77 heavy (non-hydrogen) atoms. The second kappa shape index (κ2) is 34.9. The van der Waals surface area contributed by atoms with Gasteiger partial charge in [-0.25, -0.2) is 0 Å². The van der Waals surface area contributed by atoms with Crippen molar-refractivity contribution in [1.29, 1.82) is 0 Å². The fourth-order valence-electron chi connectivity index (χ4n) is 7.99. The maximum absolute atomic E-state index is 14.4. The number of aromatic hydroxyl groups is 1. The first-order valence-corrected chi connectivity index (χ1v) is 28.3. The number of benzene rings is 1. The lowest BCUT2D eigenvalue weighted by atomic mass is 9.96. The third kappa shape index (κ3) is 24.5. The standard InChI is InChI=1S/C51H80N12O12S2/c1-7-30(4)43(62-48(72)37(26-31-16-18-32(64)19-17-31)59-44(68)33(52)13-8-10-23-76-5)50(74)57-34(20-21-40(53)65)46(70)60-38(27-41(54)66)47(71)58-35(14-9-11-24-77-6)51(75)63-22-12-15-39(63)49(73)61-36(25-29(2)3)45(69)56-28-42(55)67/h8-11,16-19,29-30,33-39,43,64H,7,12-15,20-28,52H2,1-6H3,(H2,53,65)(H2,54,66)(H2,55,67)(H,56,69)(H,57,74)(H,58,71)(H,59,68)(H,60,70)(H,61,73)(H,62,72)/b10-8+,11-9+/t30-,33-,34-,35-,36-,37-,38-,39-,43-/m0/s1. The van der Waals surface area contributed by atoms with Crippen molar-refractivity contribution in [3.8, 4) is 5.75 Å². The van der Waals surface area contributed by atoms with Gasteiger partial charge in [0.25, 0.3) is 0 Å². The zero-order chi connectivity index (χ0) is 57.8. The topological polar surface area (TPSA) is 400 Å². The third-order valence-electron chi connectivity index (χ3n) is 12.3. The summed E-state index contributed by atoms with van der Waals surface area (Å²) in [5.74, 6) is -8.57. The van der Waals surface area contributed by atoms with E-state index in [2.05, 4.69) is 37.2 Å². The fourth-order valence-corrected chi connectivity index (χ4v) is 8.64. The summed E-state index contributed by atoms with van der Waals surface area (Å²) in [6.07, 6.45) is 10.2. The molecule has 428 valence electrons. The SMILES string of the molecule is CC[C@H](C)[C@H](NC(=O)[C@H](Cc1ccc(O)cc1)NC(=O)[C@@H](N)C/C=C/CSC)C(=O)N[C@@H](CCC(N)=O)C(=O)N[C@@H](CC(N)=O)C(=O)N[C@@H](C/C=C/CSC)C(=O)N1CCC[C@H]1C(=O)N[C@@H](CC(C)C)C(=O)NCC(N)=O. The molecule has 0 unspecified atom stereocenters. The molecule has 0 saturated carbocycles. The van der Waals surface area contributed by atoms with Crippen LogP contribution in [0.3, 0.4) is 0 Å². The van der Waals surface area contributed by atoms with E-state index in [1.54, 1.807) is 56.0 Å². The molecular weight excluding hydrogens is 1040 g/mol. The maximum atomic E-state index is 14.4. The van der Waals surface area contributed by atoms with Crippen LogP contribution >= 0.6 is 23.5 Å². The molecule has 26 heteroatoms. The van der Waals surface area contributed by atoms with Crippen molar-refractivity contribution in [1.82, 2.24) is 42.1 Å². The van der Waals surface area contributed by atoms with E-state index in [4.69, 9.17) is 22.9 Å². The van der Waals surface area contributed by atoms with Crippen LogP contribution < -0.4 is 60.2 Å². The summed E-state index contributed by atoms with van der Waals surface area (Å²) in [4.78, 5) is 149. The van der Waals surface area contributed by atoms with Gasteiger partial charge in [0.05, 0.1) is 19.0 Å². The summed E-state index contributed by atoms with van der Waals surface area (Å²) in [6.45, 7) is 6.70. The van der Waals surface area contributed by atoms with E-state index in [1.165, 1.54) is 28.8 Å². The average molecular weight is 1120 g/mol. The van der Waals surface area contributed by atoms with Gasteiger partial charge < -0.3 is 70.2 Å². The smallest absolute Gasteiger partial charge is 0.246 e. The second-order valence-corrected chi connectivity index (χ2v) is 21.0. The van der Waals surface area contributed by atoms with Crippen LogP contribution in [0, 0.1) is 11.8 Å². The zero-order valence-electron chi connectivity index (χ0n) is 44.8. The average Bonchev–Trinajstić information content (AvgIpc) is 3.87. The molecule has 0 radical (unpaired) electrons. The third-order valence-corrected chi connectivity index (χ3v) is 13.4. The molecule has 0 aromatic heterocycles. The van der Waals surface area contributed by atoms with E-state index in [9.17, 15) is 57.8 Å². The summed E-state index contributed by atoms with van der Waals surface area (Å²) in [6, 6.07) is -4.62. The van der Waals surface area contributed by atoms with E-state index in [1.807, 2.05) is 32.4 Å². The molecule has 1 heterocycles. The monoisotopic (exact) mass is 1120 g/mol. The molecule has 1 fully saturated rings. The molecule has 1 aliphatic heterocycles. The van der Waals surface area contributed by atoms with Crippen molar-refractivity contribution < 1.29 is 57.8 Å². The molecule has 9 atom stereocenters. The van der Waals surface area contributed by atoms with Crippen molar-refractivity contribution in [3.05, 3.63) is 54.1 Å². The normalized spacial score (nSPS) is 16.5. The number of carbonyl (C=O) groups is 11. The Bertz CT molecular complexity index is 2250. The number of amides is 11. The van der Waals surface area contributed by atoms with Gasteiger partial charge in [-0.3, -0.25) is 52.7 Å². The molecule has 11 amide bonds. The van der Waals surface area contributed by atoms with E-state index in [-0.39, 0.29) is 50.3 Å². The first-order chi connectivity index (χ1) is 36.4. The largest absolute Gasteiger partial charge is 0.508 e. The number of rotatable bonds is 35. The number of nitrogens with one attached hydrogen (secondary N) is 7. The quantitative estimate of drug-likeness (QED) is 0.0349. The molecule has 1 aromatic carbocycles. The second-order valence-electron chi connectivity index (χ2n) is 19.2. The molecule has 0 spiro atoms. The highest BCUT2D eigenvalue weighted by atomic mass is 32.2. The number of phenols is 1. The molecule has 24 nitrogen and oxygen atoms in total. The van der Waals surface area contributed by atoms with Gasteiger partial charge in [-0.15, -0.1) is 0 Å². The molecule has 1 aromatic rings. The van der Waals surface area contributed by atoms with Gasteiger partial charge in [-0.2, -0.15) is 23.5 Å². The van der Waals surface area contributed by atoms with Gasteiger partial charge in [0.2, 0.25) is 65.0 Å². The van der Waals surface area contributed by atoms with Crippen LogP contribution in [0.1, 0.15) is 91.0 Å². The number of primary amides is 3. The Hall–Kier alpha value is -6.67. The Morgan fingerprint density at radius 2 is 1.25 bits per heavy atom. The predicted octanol–water partition coefficient (Wildman–Crippen LogP) is -1.39. The van der Waals surface area contributed by atoms with Crippen LogP contribution in [0.4, 0.5) is 0 Å².